The third-order valence-corrected chi connectivity index (χ3v) is 11.1. The number of benzene rings is 4. The first-order valence-corrected chi connectivity index (χ1v) is 17.1. The van der Waals surface area contributed by atoms with Crippen molar-refractivity contribution in [2.75, 3.05) is 50.3 Å². The zero-order chi connectivity index (χ0) is 34.0. The van der Waals surface area contributed by atoms with Gasteiger partial charge in [-0.15, -0.1) is 0 Å². The molecule has 7 nitrogen and oxygen atoms in total. The van der Waals surface area contributed by atoms with Crippen LogP contribution in [0.5, 0.6) is 23.0 Å². The Hall–Kier alpha value is -4.88. The van der Waals surface area contributed by atoms with E-state index in [1.54, 1.807) is 0 Å². The number of anilines is 2. The van der Waals surface area contributed by atoms with E-state index >= 15 is 0 Å². The summed E-state index contributed by atoms with van der Waals surface area (Å²) in [7, 11) is 4.20. The second kappa shape index (κ2) is 11.3. The number of likely N-dealkylation sites (N-methyl/N-ethyl adjacent to an activating group) is 2. The molecule has 49 heavy (non-hydrogen) atoms. The number of fused-ring (bicyclic) bond motifs is 4. The van der Waals surface area contributed by atoms with E-state index in [-0.39, 0.29) is 10.8 Å². The van der Waals surface area contributed by atoms with E-state index in [9.17, 15) is 0 Å². The Balaban J connectivity index is 0.884. The van der Waals surface area contributed by atoms with E-state index in [0.29, 0.717) is 37.9 Å². The molecule has 7 heteroatoms. The third-order valence-electron chi connectivity index (χ3n) is 11.1. The van der Waals surface area contributed by atoms with Gasteiger partial charge < -0.3 is 33.5 Å². The summed E-state index contributed by atoms with van der Waals surface area (Å²) < 4.78 is 32.3. The van der Waals surface area contributed by atoms with Crippen LogP contribution in [0.25, 0.3) is 12.2 Å². The van der Waals surface area contributed by atoms with Crippen molar-refractivity contribution in [2.45, 2.75) is 50.0 Å². The Kier molecular flexibility index (Phi) is 7.27. The first kappa shape index (κ1) is 31.4. The first-order chi connectivity index (χ1) is 23.6. The molecule has 4 aliphatic heterocycles. The maximum atomic E-state index is 6.92. The molecule has 0 radical (unpaired) electrons. The zero-order valence-electron chi connectivity index (χ0n) is 29.2. The van der Waals surface area contributed by atoms with Crippen molar-refractivity contribution in [2.24, 2.45) is 0 Å². The summed E-state index contributed by atoms with van der Waals surface area (Å²) in [5.74, 6) is 2.92. The summed E-state index contributed by atoms with van der Waals surface area (Å²) in [4.78, 5) is 4.47. The first-order valence-electron chi connectivity index (χ1n) is 17.1. The van der Waals surface area contributed by atoms with Gasteiger partial charge in [-0.25, -0.2) is 0 Å². The predicted molar refractivity (Wildman–Crippen MR) is 195 cm³/mol. The lowest BCUT2D eigenvalue weighted by Gasteiger charge is -2.46. The monoisotopic (exact) mass is 656 g/mol. The molecule has 4 aromatic carbocycles. The molecule has 0 saturated heterocycles. The second-order valence-electron chi connectivity index (χ2n) is 14.3. The van der Waals surface area contributed by atoms with Crippen LogP contribution in [0.2, 0.25) is 0 Å². The molecular formula is C42H44N2O5. The van der Waals surface area contributed by atoms with Crippen LogP contribution in [-0.4, -0.2) is 52.0 Å². The standard InChI is InChI=1S/C42H44N2O5/c1-39(2)31-15-7-9-17-33(31)43(5)41(39)23-21-29-13-11-19-35(37(29)48-41)46-27-25-45-26-28-47-36-20-12-14-30-22-24-42(49-38(30)36)40(3,4)32-16-8-10-18-34(32)44(42)6/h7-24H,25-28H2,1-6H3. The van der Waals surface area contributed by atoms with Gasteiger partial charge in [-0.3, -0.25) is 0 Å². The van der Waals surface area contributed by atoms with Gasteiger partial charge in [-0.05, 0) is 87.4 Å². The van der Waals surface area contributed by atoms with Gasteiger partial charge in [0.15, 0.2) is 23.0 Å². The molecule has 252 valence electrons. The quantitative estimate of drug-likeness (QED) is 0.177. The maximum Gasteiger partial charge on any atom is 0.212 e. The number of hydrogen-bond donors (Lipinski definition) is 0. The Labute approximate surface area is 289 Å². The molecule has 0 N–H and O–H groups in total. The summed E-state index contributed by atoms with van der Waals surface area (Å²) in [6.07, 6.45) is 8.66. The topological polar surface area (TPSA) is 52.6 Å². The van der Waals surface area contributed by atoms with E-state index < -0.39 is 11.4 Å². The largest absolute Gasteiger partial charge is 0.487 e. The van der Waals surface area contributed by atoms with Gasteiger partial charge in [0.05, 0.1) is 24.0 Å². The van der Waals surface area contributed by atoms with Crippen LogP contribution in [0.1, 0.15) is 49.9 Å². The van der Waals surface area contributed by atoms with E-state index in [1.807, 2.05) is 24.3 Å². The minimum Gasteiger partial charge on any atom is -0.487 e. The fourth-order valence-electron chi connectivity index (χ4n) is 8.29. The van der Waals surface area contributed by atoms with Crippen molar-refractivity contribution in [1.82, 2.24) is 0 Å². The molecule has 0 fully saturated rings. The minimum absolute atomic E-state index is 0.281. The molecule has 0 bridgehead atoms. The number of para-hydroxylation sites is 4. The Bertz CT molecular complexity index is 1840. The highest BCUT2D eigenvalue weighted by Gasteiger charge is 2.59. The average molecular weight is 657 g/mol. The molecule has 2 unspecified atom stereocenters. The molecule has 4 aromatic rings. The molecule has 0 saturated carbocycles. The highest BCUT2D eigenvalue weighted by Crippen LogP contribution is 2.56. The predicted octanol–water partition coefficient (Wildman–Crippen LogP) is 8.22. The van der Waals surface area contributed by atoms with Crippen LogP contribution < -0.4 is 28.7 Å². The number of rotatable bonds is 8. The summed E-state index contributed by atoms with van der Waals surface area (Å²) in [5, 5.41) is 0. The lowest BCUT2D eigenvalue weighted by molar-refractivity contribution is 0.0462. The maximum absolute atomic E-state index is 6.92. The average Bonchev–Trinajstić information content (AvgIpc) is 3.38. The summed E-state index contributed by atoms with van der Waals surface area (Å²) >= 11 is 0. The summed E-state index contributed by atoms with van der Waals surface area (Å²) in [6.45, 7) is 10.6. The Morgan fingerprint density at radius 1 is 0.531 bits per heavy atom. The van der Waals surface area contributed by atoms with Gasteiger partial charge in [-0.2, -0.15) is 0 Å². The number of ether oxygens (including phenoxy) is 5. The Morgan fingerprint density at radius 2 is 0.959 bits per heavy atom. The van der Waals surface area contributed by atoms with Crippen LogP contribution >= 0.6 is 0 Å². The number of hydrogen-bond acceptors (Lipinski definition) is 7. The van der Waals surface area contributed by atoms with E-state index in [1.165, 1.54) is 22.5 Å². The fraction of sp³-hybridized carbons (Fsp3) is 0.333. The fourth-order valence-corrected chi connectivity index (χ4v) is 8.29. The Morgan fingerprint density at radius 3 is 1.39 bits per heavy atom. The van der Waals surface area contributed by atoms with E-state index in [4.69, 9.17) is 23.7 Å². The molecule has 4 heterocycles. The van der Waals surface area contributed by atoms with Crippen LogP contribution in [0.15, 0.2) is 97.1 Å². The van der Waals surface area contributed by atoms with Gasteiger partial charge in [0.1, 0.15) is 13.2 Å². The van der Waals surface area contributed by atoms with Crippen molar-refractivity contribution >= 4 is 23.5 Å². The smallest absolute Gasteiger partial charge is 0.212 e. The summed E-state index contributed by atoms with van der Waals surface area (Å²) in [6, 6.07) is 29.1. The molecule has 8 rings (SSSR count). The van der Waals surface area contributed by atoms with Gasteiger partial charge in [0.25, 0.3) is 0 Å². The lowest BCUT2D eigenvalue weighted by atomic mass is 9.76. The molecule has 2 spiro atoms. The van der Waals surface area contributed by atoms with E-state index in [2.05, 4.69) is 137 Å². The highest BCUT2D eigenvalue weighted by molar-refractivity contribution is 5.75. The molecule has 0 aliphatic carbocycles. The van der Waals surface area contributed by atoms with Gasteiger partial charge >= 0.3 is 0 Å². The van der Waals surface area contributed by atoms with Crippen LogP contribution in [-0.2, 0) is 15.6 Å². The third kappa shape index (κ3) is 4.51. The number of nitrogens with zero attached hydrogens (tertiary/aromatic N) is 2. The molecule has 4 aliphatic rings. The van der Waals surface area contributed by atoms with Crippen molar-refractivity contribution < 1.29 is 23.7 Å². The van der Waals surface area contributed by atoms with Gasteiger partial charge in [0, 0.05) is 36.6 Å². The van der Waals surface area contributed by atoms with Crippen molar-refractivity contribution in [3.8, 4) is 23.0 Å². The normalized spacial score (nSPS) is 23.1. The SMILES string of the molecule is CN1c2ccccc2C(C)(C)C12C=Cc1cccc(OCCOCCOc3cccc4c3OC3(C=C4)N(C)c4ccccc4C3(C)C)c1O2. The van der Waals surface area contributed by atoms with Crippen LogP contribution in [0.4, 0.5) is 11.4 Å². The van der Waals surface area contributed by atoms with Gasteiger partial charge in [-0.1, -0.05) is 60.7 Å². The van der Waals surface area contributed by atoms with Gasteiger partial charge in [0.2, 0.25) is 11.4 Å². The summed E-state index contributed by atoms with van der Waals surface area (Å²) in [5.41, 5.74) is 4.98. The highest BCUT2D eigenvalue weighted by atomic mass is 16.6. The minimum atomic E-state index is -0.667. The van der Waals surface area contributed by atoms with Crippen molar-refractivity contribution in [3.05, 3.63) is 119 Å². The lowest BCUT2D eigenvalue weighted by Crippen LogP contribution is -2.58. The molecule has 2 atom stereocenters. The molecular weight excluding hydrogens is 612 g/mol. The zero-order valence-corrected chi connectivity index (χ0v) is 29.2. The molecule has 0 aromatic heterocycles. The molecule has 0 amide bonds. The van der Waals surface area contributed by atoms with Crippen LogP contribution in [0.3, 0.4) is 0 Å². The van der Waals surface area contributed by atoms with Crippen molar-refractivity contribution in [1.29, 1.82) is 0 Å². The van der Waals surface area contributed by atoms with Crippen LogP contribution in [0, 0.1) is 0 Å². The van der Waals surface area contributed by atoms with Crippen molar-refractivity contribution in [3.63, 3.8) is 0 Å². The van der Waals surface area contributed by atoms with E-state index in [0.717, 1.165) is 22.6 Å². The second-order valence-corrected chi connectivity index (χ2v) is 14.3.